The zero-order chi connectivity index (χ0) is 89.6. The average molecular weight is 1770 g/mol. The Morgan fingerprint density at radius 3 is 0.703 bits per heavy atom. The van der Waals surface area contributed by atoms with Gasteiger partial charge in [-0.2, -0.15) is 0 Å². The first-order valence-corrected chi connectivity index (χ1v) is 42.9. The summed E-state index contributed by atoms with van der Waals surface area (Å²) in [6.07, 6.45) is -25.9. The Hall–Kier alpha value is -10.1. The van der Waals surface area contributed by atoms with Crippen molar-refractivity contribution >= 4 is 35.8 Å². The quantitative estimate of drug-likeness (QED) is 0.0194. The van der Waals surface area contributed by atoms with Crippen LogP contribution < -0.4 is 0 Å². The largest absolute Gasteiger partial charge is 0.463 e. The molecule has 0 unspecified atom stereocenters. The van der Waals surface area contributed by atoms with Crippen molar-refractivity contribution in [2.45, 2.75) is 217 Å². The third-order valence-corrected chi connectivity index (χ3v) is 20.9. The Morgan fingerprint density at radius 2 is 0.438 bits per heavy atom. The zero-order valence-electron chi connectivity index (χ0n) is 72.6. The molecule has 4 fully saturated rings. The molecule has 0 bridgehead atoms. The van der Waals surface area contributed by atoms with Gasteiger partial charge in [0.2, 0.25) is 0 Å². The summed E-state index contributed by atoms with van der Waals surface area (Å²) in [5.41, 5.74) is 6.76. The number of carbonyl (C=O) groups excluding carboxylic acids is 6. The second kappa shape index (κ2) is 51.9. The molecule has 0 radical (unpaired) electrons. The van der Waals surface area contributed by atoms with Crippen LogP contribution in [0.3, 0.4) is 0 Å². The van der Waals surface area contributed by atoms with Gasteiger partial charge in [-0.05, 0) is 44.5 Å². The van der Waals surface area contributed by atoms with E-state index < -0.39 is 172 Å². The highest BCUT2D eigenvalue weighted by Crippen LogP contribution is 2.40. The molecule has 30 nitrogen and oxygen atoms in total. The second-order valence-corrected chi connectivity index (χ2v) is 30.8. The highest BCUT2D eigenvalue weighted by molar-refractivity contribution is 5.68. The van der Waals surface area contributed by atoms with Crippen LogP contribution in [-0.4, -0.2) is 225 Å². The number of ether oxygens (including phenoxy) is 24. The van der Waals surface area contributed by atoms with Crippen molar-refractivity contribution in [3.05, 3.63) is 287 Å². The Balaban J connectivity index is 0.762. The Bertz CT molecular complexity index is 4270. The van der Waals surface area contributed by atoms with E-state index >= 15 is 0 Å². The molecule has 8 aromatic rings. The van der Waals surface area contributed by atoms with E-state index in [9.17, 15) is 28.8 Å². The number of benzene rings is 8. The summed E-state index contributed by atoms with van der Waals surface area (Å²) < 4.78 is 157. The summed E-state index contributed by atoms with van der Waals surface area (Å²) in [5, 5.41) is 0. The maximum atomic E-state index is 13.6. The average Bonchev–Trinajstić information content (AvgIpc) is 0.768. The van der Waals surface area contributed by atoms with E-state index in [1.807, 2.05) is 243 Å². The van der Waals surface area contributed by atoms with E-state index in [4.69, 9.17) is 114 Å². The molecular formula is C98H114O30. The minimum absolute atomic E-state index is 0.0155. The van der Waals surface area contributed by atoms with Crippen molar-refractivity contribution in [3.8, 4) is 0 Å². The van der Waals surface area contributed by atoms with Crippen LogP contribution in [-0.2, 0) is 195 Å². The normalized spacial score (nSPS) is 25.7. The molecule has 0 aromatic heterocycles. The molecule has 0 spiro atoms. The van der Waals surface area contributed by atoms with E-state index in [0.717, 1.165) is 44.5 Å². The fourth-order valence-electron chi connectivity index (χ4n) is 15.1. The molecule has 30 heteroatoms. The first-order chi connectivity index (χ1) is 62.4. The first-order valence-electron chi connectivity index (χ1n) is 42.9. The van der Waals surface area contributed by atoms with Crippen LogP contribution >= 0.6 is 0 Å². The van der Waals surface area contributed by atoms with Gasteiger partial charge in [0.05, 0.1) is 106 Å². The number of rotatable bonds is 49. The number of carbonyl (C=O) groups is 6. The first kappa shape index (κ1) is 96.9. The van der Waals surface area contributed by atoms with Crippen molar-refractivity contribution in [3.63, 3.8) is 0 Å². The van der Waals surface area contributed by atoms with Gasteiger partial charge in [-0.1, -0.05) is 243 Å². The summed E-state index contributed by atoms with van der Waals surface area (Å²) in [6.45, 7) is 6.11. The van der Waals surface area contributed by atoms with Gasteiger partial charge < -0.3 is 114 Å². The minimum Gasteiger partial charge on any atom is -0.463 e. The predicted molar refractivity (Wildman–Crippen MR) is 456 cm³/mol. The van der Waals surface area contributed by atoms with Crippen LogP contribution in [0.2, 0.25) is 0 Å². The molecule has 0 amide bonds. The van der Waals surface area contributed by atoms with E-state index in [1.165, 1.54) is 41.5 Å². The Labute approximate surface area is 745 Å². The van der Waals surface area contributed by atoms with Gasteiger partial charge >= 0.3 is 35.8 Å². The summed E-state index contributed by atoms with van der Waals surface area (Å²) in [5.74, 6) is -4.56. The van der Waals surface area contributed by atoms with Crippen molar-refractivity contribution in [2.24, 2.45) is 0 Å². The minimum atomic E-state index is -1.55. The summed E-state index contributed by atoms with van der Waals surface area (Å²) in [7, 11) is 0. The van der Waals surface area contributed by atoms with Crippen LogP contribution in [0.5, 0.6) is 0 Å². The van der Waals surface area contributed by atoms with E-state index in [1.54, 1.807) is 0 Å². The predicted octanol–water partition coefficient (Wildman–Crippen LogP) is 11.5. The second-order valence-electron chi connectivity index (χ2n) is 30.8. The molecule has 128 heavy (non-hydrogen) atoms. The highest BCUT2D eigenvalue weighted by atomic mass is 16.8. The molecule has 0 N–H and O–H groups in total. The van der Waals surface area contributed by atoms with Gasteiger partial charge in [0.1, 0.15) is 86.5 Å². The van der Waals surface area contributed by atoms with Crippen molar-refractivity contribution in [2.75, 3.05) is 66.1 Å². The number of esters is 6. The molecule has 0 aliphatic carbocycles. The highest BCUT2D eigenvalue weighted by Gasteiger charge is 2.59. The lowest BCUT2D eigenvalue weighted by atomic mass is 9.95. The molecular weight excluding hydrogens is 1660 g/mol. The van der Waals surface area contributed by atoms with Crippen LogP contribution in [0.15, 0.2) is 243 Å². The smallest absolute Gasteiger partial charge is 0.303 e. The van der Waals surface area contributed by atoms with Crippen LogP contribution in [0.4, 0.5) is 0 Å². The van der Waals surface area contributed by atoms with Gasteiger partial charge in [0.25, 0.3) is 0 Å². The van der Waals surface area contributed by atoms with Gasteiger partial charge in [-0.3, -0.25) is 28.8 Å². The van der Waals surface area contributed by atoms with Crippen LogP contribution in [0.1, 0.15) is 86.1 Å². The standard InChI is InChI=1S/C98H114O30/c1-65(99)111-63-81-85(119-67(3)101)89(127-97-91(117-59-77-43-27-13-28-44-77)87(115-57-75-39-23-11-24-40-75)83(113-55-73-35-19-9-20-36-73)79(125-97)61-107-53-71-31-15-7-16-32-71)93(121-69(5)103)95(123-81)109-51-49-105-47-48-106-50-52-110-96-94(122-70(6)104)90(86(120-68(4)102)82(124-96)64-112-66(2)100)128-98-92(118-60-78-45-29-14-30-46-78)88(116-58-76-41-25-12-26-42-76)84(114-56-74-37-21-10-22-38-74)80(126-98)62-108-54-72-33-17-8-18-34-72/h7-46,79-98H,47-64H2,1-6H3/t79-,80-,81-,82-,83+,84+,85+,86+,87+,88+,89+,90+,91-,92-,93-,94-,95-,96-,97-,98-/m1/s1. The lowest BCUT2D eigenvalue weighted by Gasteiger charge is -2.49. The molecule has 686 valence electrons. The lowest BCUT2D eigenvalue weighted by Crippen LogP contribution is -2.67. The molecule has 8 aromatic carbocycles. The van der Waals surface area contributed by atoms with Crippen LogP contribution in [0, 0.1) is 0 Å². The van der Waals surface area contributed by atoms with Crippen molar-refractivity contribution < 1.29 is 142 Å². The maximum absolute atomic E-state index is 13.6. The molecule has 0 saturated carbocycles. The monoisotopic (exact) mass is 1770 g/mol. The van der Waals surface area contributed by atoms with Gasteiger partial charge in [-0.25, -0.2) is 0 Å². The molecule has 4 aliphatic rings. The lowest BCUT2D eigenvalue weighted by molar-refractivity contribution is -0.372. The SMILES string of the molecule is CC(=O)OC[C@H]1O[C@@H](OCCOCCOCCO[C@@H]2O[C@H](COC(C)=O)[C@H](OC(C)=O)[C@H](O[C@H]3O[C@H](COCc4ccccc4)[C@H](OCc4ccccc4)[C@H](OCc4ccccc4)[C@H]3OCc3ccccc3)[C@H]2OC(C)=O)[C@H](OC(C)=O)[C@@H](O[C@H]2O[C@H](COCc3ccccc3)[C@H](OCc3ccccc3)[C@H](OCc3ccccc3)[C@H]2OCc2ccccc2)[C@H]1OC(C)=O. The fraction of sp³-hybridized carbons (Fsp3) is 0.449. The number of hydrogen-bond acceptors (Lipinski definition) is 30. The summed E-state index contributed by atoms with van der Waals surface area (Å²) in [6, 6.07) is 76.4. The van der Waals surface area contributed by atoms with Gasteiger partial charge in [0, 0.05) is 41.5 Å². The third kappa shape index (κ3) is 30.8. The van der Waals surface area contributed by atoms with E-state index in [2.05, 4.69) is 0 Å². The van der Waals surface area contributed by atoms with Crippen molar-refractivity contribution in [1.29, 1.82) is 0 Å². The third-order valence-electron chi connectivity index (χ3n) is 20.9. The summed E-state index contributed by atoms with van der Waals surface area (Å²) in [4.78, 5) is 79.4. The van der Waals surface area contributed by atoms with E-state index in [0.29, 0.717) is 0 Å². The fourth-order valence-corrected chi connectivity index (χ4v) is 15.1. The molecule has 4 aliphatic heterocycles. The Kier molecular flexibility index (Phi) is 39.3. The Morgan fingerprint density at radius 1 is 0.211 bits per heavy atom. The van der Waals surface area contributed by atoms with E-state index in [-0.39, 0.29) is 106 Å². The molecule has 20 atom stereocenters. The van der Waals surface area contributed by atoms with Crippen LogP contribution in [0.25, 0.3) is 0 Å². The maximum Gasteiger partial charge on any atom is 0.303 e. The summed E-state index contributed by atoms with van der Waals surface area (Å²) >= 11 is 0. The van der Waals surface area contributed by atoms with Gasteiger partial charge in [-0.15, -0.1) is 0 Å². The molecule has 12 rings (SSSR count). The number of hydrogen-bond donors (Lipinski definition) is 0. The molecule has 4 saturated heterocycles. The molecule has 4 heterocycles. The van der Waals surface area contributed by atoms with Gasteiger partial charge in [0.15, 0.2) is 49.6 Å². The van der Waals surface area contributed by atoms with Crippen molar-refractivity contribution in [1.82, 2.24) is 0 Å². The zero-order valence-corrected chi connectivity index (χ0v) is 72.6. The topological polar surface area (TPSA) is 324 Å².